The van der Waals surface area contributed by atoms with Crippen LogP contribution in [0.2, 0.25) is 10.0 Å². The van der Waals surface area contributed by atoms with Gasteiger partial charge in [-0.2, -0.15) is 4.68 Å². The van der Waals surface area contributed by atoms with Gasteiger partial charge in [-0.3, -0.25) is 4.79 Å². The number of hydrogen-bond acceptors (Lipinski definition) is 6. The van der Waals surface area contributed by atoms with Crippen molar-refractivity contribution in [1.82, 2.24) is 30.0 Å². The predicted octanol–water partition coefficient (Wildman–Crippen LogP) is 2.82. The molecule has 1 heterocycles. The summed E-state index contributed by atoms with van der Waals surface area (Å²) in [6, 6.07) is 4.16. The first-order valence-electron chi connectivity index (χ1n) is 10.9. The summed E-state index contributed by atoms with van der Waals surface area (Å²) in [5.74, 6) is -0.214. The minimum absolute atomic E-state index is 0.0297. The van der Waals surface area contributed by atoms with Gasteiger partial charge in [0.2, 0.25) is 5.91 Å². The van der Waals surface area contributed by atoms with Crippen LogP contribution in [0, 0.1) is 0 Å². The van der Waals surface area contributed by atoms with Gasteiger partial charge in [-0.05, 0) is 41.8 Å². The molecule has 2 aromatic rings. The number of rotatable bonds is 9. The standard InChI is InChI=1S/C21H26Cl2N6O4/c22-16-9-4-10-17(23)19(16)28-21(33)29(26-25-28)20(32)27(15-7-2-1-3-8-15)13-6-12-24-18(31)11-5-14-30/h4,9-10,14-15H,1-3,5-8,11-13H2,(H,24,31). The third kappa shape index (κ3) is 6.20. The van der Waals surface area contributed by atoms with Crippen molar-refractivity contribution in [2.45, 2.75) is 57.4 Å². The van der Waals surface area contributed by atoms with E-state index < -0.39 is 11.7 Å². The fourth-order valence-corrected chi connectivity index (χ4v) is 4.46. The number of benzene rings is 1. The number of nitrogens with one attached hydrogen (secondary N) is 1. The Hall–Kier alpha value is -2.72. The number of amides is 2. The van der Waals surface area contributed by atoms with Crippen LogP contribution in [0.25, 0.3) is 5.69 Å². The summed E-state index contributed by atoms with van der Waals surface area (Å²) in [4.78, 5) is 50.0. The number of aromatic nitrogens is 4. The molecule has 1 aromatic carbocycles. The monoisotopic (exact) mass is 496 g/mol. The molecule has 33 heavy (non-hydrogen) atoms. The van der Waals surface area contributed by atoms with Crippen LogP contribution in [0.3, 0.4) is 0 Å². The number of para-hydroxylation sites is 1. The van der Waals surface area contributed by atoms with E-state index in [1.807, 2.05) is 0 Å². The van der Waals surface area contributed by atoms with Crippen molar-refractivity contribution in [3.05, 3.63) is 38.7 Å². The topological polar surface area (TPSA) is 119 Å². The predicted molar refractivity (Wildman–Crippen MR) is 123 cm³/mol. The lowest BCUT2D eigenvalue weighted by molar-refractivity contribution is -0.122. The Labute approximate surface area is 200 Å². The zero-order chi connectivity index (χ0) is 23.8. The summed E-state index contributed by atoms with van der Waals surface area (Å²) in [6.07, 6.45) is 6.25. The molecule has 0 aliphatic heterocycles. The Bertz CT molecular complexity index is 1030. The second-order valence-corrected chi connectivity index (χ2v) is 8.65. The van der Waals surface area contributed by atoms with E-state index in [0.29, 0.717) is 25.8 Å². The van der Waals surface area contributed by atoms with E-state index in [1.54, 1.807) is 23.1 Å². The van der Waals surface area contributed by atoms with Gasteiger partial charge in [0.25, 0.3) is 0 Å². The molecule has 0 spiro atoms. The van der Waals surface area contributed by atoms with Crippen LogP contribution in [0.5, 0.6) is 0 Å². The van der Waals surface area contributed by atoms with Crippen molar-refractivity contribution in [1.29, 1.82) is 0 Å². The van der Waals surface area contributed by atoms with E-state index in [9.17, 15) is 19.2 Å². The van der Waals surface area contributed by atoms with Gasteiger partial charge in [0.15, 0.2) is 0 Å². The minimum atomic E-state index is -0.766. The molecule has 0 bridgehead atoms. The largest absolute Gasteiger partial charge is 0.377 e. The molecule has 0 saturated heterocycles. The average Bonchev–Trinajstić information content (AvgIpc) is 3.18. The zero-order valence-electron chi connectivity index (χ0n) is 18.1. The number of tetrazole rings is 1. The zero-order valence-corrected chi connectivity index (χ0v) is 19.6. The lowest BCUT2D eigenvalue weighted by atomic mass is 9.94. The van der Waals surface area contributed by atoms with Gasteiger partial charge in [0, 0.05) is 32.0 Å². The molecule has 0 radical (unpaired) electrons. The molecule has 1 aliphatic rings. The molecule has 3 rings (SSSR count). The van der Waals surface area contributed by atoms with Crippen LogP contribution < -0.4 is 11.0 Å². The highest BCUT2D eigenvalue weighted by molar-refractivity contribution is 6.37. The Kier molecular flexibility index (Phi) is 9.02. The molecule has 1 N–H and O–H groups in total. The number of nitrogens with zero attached hydrogens (tertiary/aromatic N) is 5. The minimum Gasteiger partial charge on any atom is -0.356 e. The first kappa shape index (κ1) is 24.9. The number of hydrogen-bond donors (Lipinski definition) is 1. The van der Waals surface area contributed by atoms with Crippen molar-refractivity contribution in [2.24, 2.45) is 0 Å². The highest BCUT2D eigenvalue weighted by atomic mass is 35.5. The van der Waals surface area contributed by atoms with Gasteiger partial charge in [-0.15, -0.1) is 4.68 Å². The van der Waals surface area contributed by atoms with Crippen LogP contribution in [-0.2, 0) is 9.59 Å². The number of aldehydes is 1. The van der Waals surface area contributed by atoms with Crippen molar-refractivity contribution < 1.29 is 14.4 Å². The highest BCUT2D eigenvalue weighted by Crippen LogP contribution is 2.26. The molecule has 1 aromatic heterocycles. The summed E-state index contributed by atoms with van der Waals surface area (Å²) in [6.45, 7) is 0.689. The van der Waals surface area contributed by atoms with E-state index in [0.717, 1.165) is 41.5 Å². The fourth-order valence-electron chi connectivity index (χ4n) is 3.90. The Balaban J connectivity index is 1.76. The fraction of sp³-hybridized carbons (Fsp3) is 0.524. The van der Waals surface area contributed by atoms with Gasteiger partial charge in [-0.25, -0.2) is 9.59 Å². The van der Waals surface area contributed by atoms with E-state index in [4.69, 9.17) is 23.2 Å². The lowest BCUT2D eigenvalue weighted by Gasteiger charge is -2.33. The molecule has 0 unspecified atom stereocenters. The van der Waals surface area contributed by atoms with Crippen LogP contribution >= 0.6 is 23.2 Å². The van der Waals surface area contributed by atoms with Gasteiger partial charge in [0.1, 0.15) is 12.0 Å². The number of carbonyl (C=O) groups excluding carboxylic acids is 3. The van der Waals surface area contributed by atoms with Crippen LogP contribution in [0.1, 0.15) is 51.4 Å². The third-order valence-corrected chi connectivity index (χ3v) is 6.17. The molecule has 1 fully saturated rings. The maximum absolute atomic E-state index is 13.3. The number of carbonyl (C=O) groups is 3. The Morgan fingerprint density at radius 2 is 1.85 bits per heavy atom. The van der Waals surface area contributed by atoms with Crippen molar-refractivity contribution >= 4 is 41.4 Å². The van der Waals surface area contributed by atoms with Crippen molar-refractivity contribution in [3.8, 4) is 5.69 Å². The third-order valence-electron chi connectivity index (χ3n) is 5.56. The first-order valence-corrected chi connectivity index (χ1v) is 11.7. The maximum Gasteiger partial charge on any atom is 0.377 e. The molecule has 10 nitrogen and oxygen atoms in total. The molecule has 0 atom stereocenters. The normalized spacial score (nSPS) is 14.1. The summed E-state index contributed by atoms with van der Waals surface area (Å²) >= 11 is 12.4. The molecule has 178 valence electrons. The van der Waals surface area contributed by atoms with E-state index in [-0.39, 0.29) is 40.5 Å². The van der Waals surface area contributed by atoms with E-state index >= 15 is 0 Å². The van der Waals surface area contributed by atoms with Gasteiger partial charge >= 0.3 is 11.7 Å². The SMILES string of the molecule is O=CCCC(=O)NCCCN(C(=O)n1nnn(-c2c(Cl)cccc2Cl)c1=O)C1CCCCC1. The quantitative estimate of drug-likeness (QED) is 0.323. The molecule has 12 heteroatoms. The Morgan fingerprint density at radius 1 is 1.15 bits per heavy atom. The maximum atomic E-state index is 13.3. The summed E-state index contributed by atoms with van der Waals surface area (Å²) in [7, 11) is 0. The van der Waals surface area contributed by atoms with Crippen LogP contribution in [0.15, 0.2) is 23.0 Å². The Morgan fingerprint density at radius 3 is 2.52 bits per heavy atom. The number of halogens is 2. The van der Waals surface area contributed by atoms with Gasteiger partial charge in [0.05, 0.1) is 10.0 Å². The van der Waals surface area contributed by atoms with E-state index in [1.165, 1.54) is 0 Å². The molecule has 2 amide bonds. The van der Waals surface area contributed by atoms with Crippen LogP contribution in [0.4, 0.5) is 4.79 Å². The van der Waals surface area contributed by atoms with Gasteiger partial charge in [-0.1, -0.05) is 48.5 Å². The molecule has 1 saturated carbocycles. The smallest absolute Gasteiger partial charge is 0.356 e. The summed E-state index contributed by atoms with van der Waals surface area (Å²) in [5, 5.41) is 10.8. The van der Waals surface area contributed by atoms with Crippen LogP contribution in [-0.4, -0.2) is 62.0 Å². The molecular weight excluding hydrogens is 471 g/mol. The summed E-state index contributed by atoms with van der Waals surface area (Å²) < 4.78 is 1.63. The average molecular weight is 497 g/mol. The van der Waals surface area contributed by atoms with Crippen molar-refractivity contribution in [3.63, 3.8) is 0 Å². The molecular formula is C21H26Cl2N6O4. The second-order valence-electron chi connectivity index (χ2n) is 7.83. The van der Waals surface area contributed by atoms with Crippen molar-refractivity contribution in [2.75, 3.05) is 13.1 Å². The first-order chi connectivity index (χ1) is 15.9. The second kappa shape index (κ2) is 11.9. The van der Waals surface area contributed by atoms with Gasteiger partial charge < -0.3 is 15.0 Å². The molecule has 1 aliphatic carbocycles. The summed E-state index contributed by atoms with van der Waals surface area (Å²) in [5.41, 5.74) is -0.606. The van der Waals surface area contributed by atoms with E-state index in [2.05, 4.69) is 15.7 Å². The highest BCUT2D eigenvalue weighted by Gasteiger charge is 2.29. The lowest BCUT2D eigenvalue weighted by Crippen LogP contribution is -2.48.